The van der Waals surface area contributed by atoms with Crippen molar-refractivity contribution in [3.05, 3.63) is 142 Å². The maximum atomic E-state index is 6.68. The molecule has 0 unspecified atom stereocenters. The number of halogens is 1. The van der Waals surface area contributed by atoms with Gasteiger partial charge in [-0.1, -0.05) is 114 Å². The highest BCUT2D eigenvalue weighted by molar-refractivity contribution is 6.30. The van der Waals surface area contributed by atoms with Crippen molar-refractivity contribution >= 4 is 11.6 Å². The summed E-state index contributed by atoms with van der Waals surface area (Å²) >= 11 is 6.68. The predicted molar refractivity (Wildman–Crippen MR) is 138 cm³/mol. The molecule has 156 valence electrons. The molecule has 0 aromatic heterocycles. The van der Waals surface area contributed by atoms with Gasteiger partial charge in [0, 0.05) is 5.02 Å². The Labute approximate surface area is 199 Å². The molecule has 0 N–H and O–H groups in total. The van der Waals surface area contributed by atoms with Crippen LogP contribution in [0.25, 0.3) is 33.4 Å². The summed E-state index contributed by atoms with van der Waals surface area (Å²) in [6.45, 7) is 2.17. The Bertz CT molecular complexity index is 1520. The molecule has 33 heavy (non-hydrogen) atoms. The van der Waals surface area contributed by atoms with Gasteiger partial charge in [-0.15, -0.1) is 0 Å². The second kappa shape index (κ2) is 6.70. The van der Waals surface area contributed by atoms with E-state index in [1.807, 2.05) is 6.07 Å². The Balaban J connectivity index is 1.77. The lowest BCUT2D eigenvalue weighted by Gasteiger charge is -2.35. The molecule has 1 spiro atoms. The smallest absolute Gasteiger partial charge is 0.0726 e. The molecule has 2 aliphatic carbocycles. The van der Waals surface area contributed by atoms with E-state index >= 15 is 0 Å². The minimum absolute atomic E-state index is 0.435. The topological polar surface area (TPSA) is 0 Å². The molecule has 5 aromatic carbocycles. The van der Waals surface area contributed by atoms with Crippen LogP contribution in [0.15, 0.2) is 109 Å². The van der Waals surface area contributed by atoms with Gasteiger partial charge in [-0.05, 0) is 74.7 Å². The highest BCUT2D eigenvalue weighted by Gasteiger charge is 2.49. The molecule has 0 fully saturated rings. The van der Waals surface area contributed by atoms with Gasteiger partial charge < -0.3 is 0 Å². The normalized spacial score (nSPS) is 14.0. The van der Waals surface area contributed by atoms with Crippen LogP contribution >= 0.6 is 11.6 Å². The van der Waals surface area contributed by atoms with Gasteiger partial charge in [0.2, 0.25) is 0 Å². The summed E-state index contributed by atoms with van der Waals surface area (Å²) < 4.78 is 0. The molecule has 0 aliphatic heterocycles. The molecule has 1 heteroatoms. The number of benzene rings is 5. The lowest BCUT2D eigenvalue weighted by molar-refractivity contribution is 0.775. The molecule has 2 aliphatic rings. The minimum Gasteiger partial charge on any atom is -0.0843 e. The van der Waals surface area contributed by atoms with Crippen molar-refractivity contribution in [1.29, 1.82) is 0 Å². The number of aryl methyl sites for hydroxylation is 1. The number of fused-ring (bicyclic) bond motifs is 12. The summed E-state index contributed by atoms with van der Waals surface area (Å²) in [5.41, 5.74) is 13.8. The van der Waals surface area contributed by atoms with E-state index in [1.54, 1.807) is 0 Å². The van der Waals surface area contributed by atoms with Gasteiger partial charge in [-0.25, -0.2) is 0 Å². The van der Waals surface area contributed by atoms with Crippen molar-refractivity contribution < 1.29 is 0 Å². The summed E-state index contributed by atoms with van der Waals surface area (Å²) in [5, 5.41) is 0.773. The Kier molecular flexibility index (Phi) is 3.84. The predicted octanol–water partition coefficient (Wildman–Crippen LogP) is 8.66. The molecular formula is C32H21Cl. The maximum Gasteiger partial charge on any atom is 0.0726 e. The molecule has 0 amide bonds. The molecular weight excluding hydrogens is 420 g/mol. The van der Waals surface area contributed by atoms with Crippen molar-refractivity contribution in [3.8, 4) is 33.4 Å². The molecule has 0 nitrogen and oxygen atoms in total. The summed E-state index contributed by atoms with van der Waals surface area (Å²) in [7, 11) is 0. The van der Waals surface area contributed by atoms with Crippen LogP contribution in [0.4, 0.5) is 0 Å². The molecule has 0 radical (unpaired) electrons. The third-order valence-corrected chi connectivity index (χ3v) is 7.66. The van der Waals surface area contributed by atoms with Crippen molar-refractivity contribution in [2.24, 2.45) is 0 Å². The molecule has 7 rings (SSSR count). The third kappa shape index (κ3) is 2.37. The van der Waals surface area contributed by atoms with Crippen molar-refractivity contribution in [2.75, 3.05) is 0 Å². The highest BCUT2D eigenvalue weighted by Crippen LogP contribution is 2.61. The summed E-state index contributed by atoms with van der Waals surface area (Å²) in [5.74, 6) is 0. The van der Waals surface area contributed by atoms with E-state index < -0.39 is 5.41 Å². The lowest BCUT2D eigenvalue weighted by Crippen LogP contribution is -2.29. The zero-order valence-corrected chi connectivity index (χ0v) is 19.0. The maximum absolute atomic E-state index is 6.68. The summed E-state index contributed by atoms with van der Waals surface area (Å²) in [4.78, 5) is 0. The first-order valence-electron chi connectivity index (χ1n) is 11.4. The van der Waals surface area contributed by atoms with E-state index in [4.69, 9.17) is 11.6 Å². The van der Waals surface area contributed by atoms with Crippen LogP contribution < -0.4 is 0 Å². The average Bonchev–Trinajstić information content (AvgIpc) is 3.07. The van der Waals surface area contributed by atoms with Gasteiger partial charge >= 0.3 is 0 Å². The Morgan fingerprint density at radius 1 is 0.455 bits per heavy atom. The van der Waals surface area contributed by atoms with Crippen LogP contribution in [0.3, 0.4) is 0 Å². The third-order valence-electron chi connectivity index (χ3n) is 7.42. The Morgan fingerprint density at radius 3 is 1.61 bits per heavy atom. The van der Waals surface area contributed by atoms with Crippen molar-refractivity contribution in [2.45, 2.75) is 12.3 Å². The average molecular weight is 441 g/mol. The van der Waals surface area contributed by atoms with E-state index in [0.29, 0.717) is 0 Å². The summed E-state index contributed by atoms with van der Waals surface area (Å²) in [6, 6.07) is 40.0. The SMILES string of the molecule is Cc1ccc2c(c1)-c1ccc(Cl)cc1C21c2ccccc2-c2ccccc2-c2ccccc21. The molecule has 0 saturated heterocycles. The summed E-state index contributed by atoms with van der Waals surface area (Å²) in [6.07, 6.45) is 0. The van der Waals surface area contributed by atoms with Crippen LogP contribution in [-0.2, 0) is 5.41 Å². The van der Waals surface area contributed by atoms with E-state index in [-0.39, 0.29) is 0 Å². The standard InChI is InChI=1S/C32H21Cl/c1-20-14-17-30-27(18-20)26-16-15-21(33)19-31(26)32(30)28-12-6-4-10-24(28)22-8-2-3-9-23(22)25-11-5-7-13-29(25)32/h2-19H,1H3. The first kappa shape index (κ1) is 18.9. The van der Waals surface area contributed by atoms with E-state index in [1.165, 1.54) is 61.2 Å². The first-order valence-corrected chi connectivity index (χ1v) is 11.8. The largest absolute Gasteiger partial charge is 0.0843 e. The van der Waals surface area contributed by atoms with Crippen LogP contribution in [0.1, 0.15) is 27.8 Å². The molecule has 0 atom stereocenters. The second-order valence-corrected chi connectivity index (χ2v) is 9.56. The van der Waals surface area contributed by atoms with Crippen LogP contribution in [-0.4, -0.2) is 0 Å². The van der Waals surface area contributed by atoms with Crippen molar-refractivity contribution in [3.63, 3.8) is 0 Å². The quantitative estimate of drug-likeness (QED) is 0.221. The van der Waals surface area contributed by atoms with Gasteiger partial charge in [-0.2, -0.15) is 0 Å². The highest BCUT2D eigenvalue weighted by atomic mass is 35.5. The minimum atomic E-state index is -0.435. The molecule has 0 saturated carbocycles. The van der Waals surface area contributed by atoms with Gasteiger partial charge in [-0.3, -0.25) is 0 Å². The van der Waals surface area contributed by atoms with Crippen LogP contribution in [0, 0.1) is 6.92 Å². The van der Waals surface area contributed by atoms with E-state index in [0.717, 1.165) is 5.02 Å². The first-order chi connectivity index (χ1) is 16.2. The van der Waals surface area contributed by atoms with Gasteiger partial charge in [0.25, 0.3) is 0 Å². The number of hydrogen-bond donors (Lipinski definition) is 0. The van der Waals surface area contributed by atoms with Crippen LogP contribution in [0.5, 0.6) is 0 Å². The fourth-order valence-electron chi connectivity index (χ4n) is 6.18. The molecule has 5 aromatic rings. The molecule has 0 bridgehead atoms. The van der Waals surface area contributed by atoms with E-state index in [9.17, 15) is 0 Å². The zero-order valence-electron chi connectivity index (χ0n) is 18.3. The van der Waals surface area contributed by atoms with Crippen LogP contribution in [0.2, 0.25) is 5.02 Å². The lowest BCUT2D eigenvalue weighted by atomic mass is 9.66. The number of hydrogen-bond acceptors (Lipinski definition) is 0. The van der Waals surface area contributed by atoms with Gasteiger partial charge in [0.15, 0.2) is 0 Å². The number of rotatable bonds is 0. The van der Waals surface area contributed by atoms with Crippen molar-refractivity contribution in [1.82, 2.24) is 0 Å². The second-order valence-electron chi connectivity index (χ2n) is 9.13. The Morgan fingerprint density at radius 2 is 0.970 bits per heavy atom. The van der Waals surface area contributed by atoms with Gasteiger partial charge in [0.1, 0.15) is 0 Å². The Hall–Kier alpha value is -3.61. The molecule has 0 heterocycles. The zero-order chi connectivity index (χ0) is 22.2. The van der Waals surface area contributed by atoms with Gasteiger partial charge in [0.05, 0.1) is 5.41 Å². The fraction of sp³-hybridized carbons (Fsp3) is 0.0625. The monoisotopic (exact) mass is 440 g/mol. The fourth-order valence-corrected chi connectivity index (χ4v) is 6.35. The van der Waals surface area contributed by atoms with E-state index in [2.05, 4.69) is 110 Å².